The quantitative estimate of drug-likeness (QED) is 0.748. The molecule has 2 atom stereocenters. The number of aromatic nitrogens is 1. The Balaban J connectivity index is 1.42. The summed E-state index contributed by atoms with van der Waals surface area (Å²) in [5.74, 6) is 1.78. The molecule has 2 unspecified atom stereocenters. The SMILES string of the molecule is Cc1ccc(-c2nc(CN(CC3CCCO3)CC3CCCO3)cs2)o1. The predicted octanol–water partition coefficient (Wildman–Crippen LogP) is 3.87. The molecule has 0 spiro atoms. The molecule has 5 nitrogen and oxygen atoms in total. The van der Waals surface area contributed by atoms with Crippen LogP contribution < -0.4 is 0 Å². The second-order valence-corrected chi connectivity index (χ2v) is 7.88. The van der Waals surface area contributed by atoms with Gasteiger partial charge in [0.15, 0.2) is 10.8 Å². The summed E-state index contributed by atoms with van der Waals surface area (Å²) in [5.41, 5.74) is 1.10. The fourth-order valence-electron chi connectivity index (χ4n) is 3.63. The van der Waals surface area contributed by atoms with E-state index >= 15 is 0 Å². The molecule has 0 aliphatic carbocycles. The van der Waals surface area contributed by atoms with E-state index in [1.165, 1.54) is 12.8 Å². The molecule has 0 radical (unpaired) electrons. The van der Waals surface area contributed by atoms with Crippen LogP contribution in [0.5, 0.6) is 0 Å². The van der Waals surface area contributed by atoms with Crippen LogP contribution in [0.4, 0.5) is 0 Å². The van der Waals surface area contributed by atoms with E-state index in [9.17, 15) is 0 Å². The molecule has 25 heavy (non-hydrogen) atoms. The molecule has 0 aromatic carbocycles. The molecule has 0 amide bonds. The lowest BCUT2D eigenvalue weighted by atomic mass is 10.2. The third-order valence-electron chi connectivity index (χ3n) is 4.86. The molecular formula is C19H26N2O3S. The second-order valence-electron chi connectivity index (χ2n) is 7.02. The van der Waals surface area contributed by atoms with Crippen LogP contribution in [-0.4, -0.2) is 48.4 Å². The van der Waals surface area contributed by atoms with Gasteiger partial charge < -0.3 is 13.9 Å². The van der Waals surface area contributed by atoms with Crippen molar-refractivity contribution in [2.75, 3.05) is 26.3 Å². The summed E-state index contributed by atoms with van der Waals surface area (Å²) in [6.07, 6.45) is 5.39. The Morgan fingerprint density at radius 1 is 1.12 bits per heavy atom. The summed E-state index contributed by atoms with van der Waals surface area (Å²) >= 11 is 1.65. The maximum atomic E-state index is 5.85. The van der Waals surface area contributed by atoms with Crippen molar-refractivity contribution in [1.82, 2.24) is 9.88 Å². The van der Waals surface area contributed by atoms with E-state index in [2.05, 4.69) is 10.3 Å². The van der Waals surface area contributed by atoms with Gasteiger partial charge in [0.1, 0.15) is 5.76 Å². The Hall–Kier alpha value is -1.21. The molecule has 4 heterocycles. The molecule has 0 N–H and O–H groups in total. The van der Waals surface area contributed by atoms with Crippen molar-refractivity contribution in [2.24, 2.45) is 0 Å². The minimum Gasteiger partial charge on any atom is -0.459 e. The van der Waals surface area contributed by atoms with Gasteiger partial charge in [-0.25, -0.2) is 4.98 Å². The zero-order chi connectivity index (χ0) is 17.1. The van der Waals surface area contributed by atoms with Gasteiger partial charge in [0.2, 0.25) is 0 Å². The largest absolute Gasteiger partial charge is 0.459 e. The number of thiazole rings is 1. The highest BCUT2D eigenvalue weighted by atomic mass is 32.1. The van der Waals surface area contributed by atoms with Crippen LogP contribution in [0.3, 0.4) is 0 Å². The standard InChI is InChI=1S/C19H26N2O3S/c1-14-6-7-18(24-14)19-20-15(13-25-19)10-21(11-16-4-2-8-22-16)12-17-5-3-9-23-17/h6-7,13,16-17H,2-5,8-12H2,1H3. The Morgan fingerprint density at radius 2 is 1.84 bits per heavy atom. The summed E-state index contributed by atoms with van der Waals surface area (Å²) in [4.78, 5) is 7.24. The van der Waals surface area contributed by atoms with Gasteiger partial charge >= 0.3 is 0 Å². The summed E-state index contributed by atoms with van der Waals surface area (Å²) in [6, 6.07) is 3.98. The number of rotatable bonds is 7. The van der Waals surface area contributed by atoms with Crippen LogP contribution >= 0.6 is 11.3 Å². The summed E-state index contributed by atoms with van der Waals surface area (Å²) < 4.78 is 17.4. The van der Waals surface area contributed by atoms with Gasteiger partial charge in [0.05, 0.1) is 17.9 Å². The topological polar surface area (TPSA) is 47.7 Å². The number of hydrogen-bond acceptors (Lipinski definition) is 6. The Bertz CT molecular complexity index is 654. The van der Waals surface area contributed by atoms with E-state index in [0.29, 0.717) is 12.2 Å². The van der Waals surface area contributed by atoms with Gasteiger partial charge in [-0.15, -0.1) is 11.3 Å². The molecule has 4 rings (SSSR count). The van der Waals surface area contributed by atoms with E-state index in [0.717, 1.165) is 67.9 Å². The molecule has 2 saturated heterocycles. The molecule has 2 aliphatic heterocycles. The van der Waals surface area contributed by atoms with Crippen molar-refractivity contribution >= 4 is 11.3 Å². The highest BCUT2D eigenvalue weighted by Gasteiger charge is 2.24. The van der Waals surface area contributed by atoms with E-state index in [4.69, 9.17) is 18.9 Å². The predicted molar refractivity (Wildman–Crippen MR) is 97.8 cm³/mol. The van der Waals surface area contributed by atoms with E-state index < -0.39 is 0 Å². The first-order chi connectivity index (χ1) is 12.3. The molecule has 0 saturated carbocycles. The van der Waals surface area contributed by atoms with Gasteiger partial charge in [-0.1, -0.05) is 0 Å². The van der Waals surface area contributed by atoms with E-state index in [-0.39, 0.29) is 0 Å². The lowest BCUT2D eigenvalue weighted by molar-refractivity contribution is 0.0342. The second kappa shape index (κ2) is 7.99. The van der Waals surface area contributed by atoms with Gasteiger partial charge in [-0.3, -0.25) is 4.90 Å². The highest BCUT2D eigenvalue weighted by molar-refractivity contribution is 7.13. The third kappa shape index (κ3) is 4.50. The average molecular weight is 362 g/mol. The first kappa shape index (κ1) is 17.2. The van der Waals surface area contributed by atoms with Crippen molar-refractivity contribution in [3.63, 3.8) is 0 Å². The Labute approximate surface area is 152 Å². The van der Waals surface area contributed by atoms with Crippen molar-refractivity contribution < 1.29 is 13.9 Å². The first-order valence-electron chi connectivity index (χ1n) is 9.23. The van der Waals surface area contributed by atoms with Crippen LogP contribution in [-0.2, 0) is 16.0 Å². The Kier molecular flexibility index (Phi) is 5.51. The Morgan fingerprint density at radius 3 is 2.40 bits per heavy atom. The van der Waals surface area contributed by atoms with Crippen LogP contribution in [0.25, 0.3) is 10.8 Å². The van der Waals surface area contributed by atoms with Crippen LogP contribution in [0.15, 0.2) is 21.9 Å². The smallest absolute Gasteiger partial charge is 0.162 e. The highest BCUT2D eigenvalue weighted by Crippen LogP contribution is 2.26. The summed E-state index contributed by atoms with van der Waals surface area (Å²) in [6.45, 7) is 6.53. The zero-order valence-electron chi connectivity index (χ0n) is 14.8. The summed E-state index contributed by atoms with van der Waals surface area (Å²) in [5, 5.41) is 3.10. The van der Waals surface area contributed by atoms with Crippen LogP contribution in [0.1, 0.15) is 37.1 Å². The van der Waals surface area contributed by atoms with Gasteiger partial charge in [-0.2, -0.15) is 0 Å². The molecule has 0 bridgehead atoms. The fourth-order valence-corrected chi connectivity index (χ4v) is 4.40. The van der Waals surface area contributed by atoms with Crippen molar-refractivity contribution in [2.45, 2.75) is 51.4 Å². The summed E-state index contributed by atoms with van der Waals surface area (Å²) in [7, 11) is 0. The zero-order valence-corrected chi connectivity index (χ0v) is 15.6. The van der Waals surface area contributed by atoms with Crippen molar-refractivity contribution in [3.05, 3.63) is 29.0 Å². The molecule has 2 aromatic rings. The van der Waals surface area contributed by atoms with Crippen LogP contribution in [0.2, 0.25) is 0 Å². The van der Waals surface area contributed by atoms with Crippen LogP contribution in [0, 0.1) is 6.92 Å². The average Bonchev–Trinajstić information content (AvgIpc) is 3.34. The minimum atomic E-state index is 0.354. The number of hydrogen-bond donors (Lipinski definition) is 0. The van der Waals surface area contributed by atoms with Gasteiger partial charge in [0.25, 0.3) is 0 Å². The first-order valence-corrected chi connectivity index (χ1v) is 10.1. The normalized spacial score (nSPS) is 23.8. The third-order valence-corrected chi connectivity index (χ3v) is 5.77. The monoisotopic (exact) mass is 362 g/mol. The molecule has 136 valence electrons. The number of nitrogens with zero attached hydrogens (tertiary/aromatic N) is 2. The minimum absolute atomic E-state index is 0.354. The lowest BCUT2D eigenvalue weighted by Gasteiger charge is -2.26. The fraction of sp³-hybridized carbons (Fsp3) is 0.632. The molecule has 2 aliphatic rings. The molecule has 6 heteroatoms. The number of ether oxygens (including phenoxy) is 2. The van der Waals surface area contributed by atoms with E-state index in [1.54, 1.807) is 11.3 Å². The molecule has 2 aromatic heterocycles. The van der Waals surface area contributed by atoms with E-state index in [1.807, 2.05) is 19.1 Å². The van der Waals surface area contributed by atoms with Crippen molar-refractivity contribution in [3.8, 4) is 10.8 Å². The van der Waals surface area contributed by atoms with Gasteiger partial charge in [-0.05, 0) is 44.7 Å². The number of furan rings is 1. The molecular weight excluding hydrogens is 336 g/mol. The van der Waals surface area contributed by atoms with Crippen molar-refractivity contribution in [1.29, 1.82) is 0 Å². The lowest BCUT2D eigenvalue weighted by Crippen LogP contribution is -2.37. The number of aryl methyl sites for hydroxylation is 1. The maximum Gasteiger partial charge on any atom is 0.162 e. The van der Waals surface area contributed by atoms with Gasteiger partial charge in [0, 0.05) is 38.2 Å². The molecule has 2 fully saturated rings. The maximum absolute atomic E-state index is 5.85.